The summed E-state index contributed by atoms with van der Waals surface area (Å²) in [7, 11) is 0. The normalized spacial score (nSPS) is 14.1. The molecule has 2 aromatic heterocycles. The maximum Gasteiger partial charge on any atom is 0.339 e. The maximum absolute atomic E-state index is 13.6. The van der Waals surface area contributed by atoms with Gasteiger partial charge in [-0.05, 0) is 38.0 Å². The standard InChI is InChI=1S/C27H33N5O4/c1-3-5-8-16-32-25(33)22-11-7-6-10-21(22)24(29-32)26(34)31-15-9-14-30(17-18-31)23-13-12-20(19-28-23)27(35)36-4-2/h6-7,10-13,19H,3-5,8-9,14-18H2,1-2H3. The summed E-state index contributed by atoms with van der Waals surface area (Å²) < 4.78 is 6.47. The largest absolute Gasteiger partial charge is 0.462 e. The van der Waals surface area contributed by atoms with Gasteiger partial charge in [-0.2, -0.15) is 5.10 Å². The first-order valence-corrected chi connectivity index (χ1v) is 12.7. The smallest absolute Gasteiger partial charge is 0.339 e. The number of hydrogen-bond donors (Lipinski definition) is 0. The molecule has 3 heterocycles. The predicted molar refractivity (Wildman–Crippen MR) is 138 cm³/mol. The number of benzene rings is 1. The van der Waals surface area contributed by atoms with Crippen LogP contribution in [0.3, 0.4) is 0 Å². The van der Waals surface area contributed by atoms with Crippen LogP contribution in [-0.2, 0) is 11.3 Å². The Labute approximate surface area is 210 Å². The number of rotatable bonds is 8. The van der Waals surface area contributed by atoms with Gasteiger partial charge >= 0.3 is 5.97 Å². The molecule has 9 heteroatoms. The van der Waals surface area contributed by atoms with E-state index in [-0.39, 0.29) is 17.4 Å². The molecule has 190 valence electrons. The number of pyridine rings is 1. The molecule has 1 saturated heterocycles. The summed E-state index contributed by atoms with van der Waals surface area (Å²) in [6.07, 6.45) is 5.18. The van der Waals surface area contributed by atoms with Gasteiger partial charge in [-0.15, -0.1) is 0 Å². The lowest BCUT2D eigenvalue weighted by molar-refractivity contribution is 0.0525. The van der Waals surface area contributed by atoms with E-state index < -0.39 is 0 Å². The molecule has 0 N–H and O–H groups in total. The van der Waals surface area contributed by atoms with Crippen molar-refractivity contribution in [1.29, 1.82) is 0 Å². The molecule has 0 aliphatic carbocycles. The number of unbranched alkanes of at least 4 members (excludes halogenated alkanes) is 2. The van der Waals surface area contributed by atoms with Gasteiger partial charge in [0.1, 0.15) is 5.82 Å². The van der Waals surface area contributed by atoms with Crippen LogP contribution in [0.15, 0.2) is 47.4 Å². The molecule has 1 amide bonds. The molecule has 0 atom stereocenters. The lowest BCUT2D eigenvalue weighted by Crippen LogP contribution is -2.37. The highest BCUT2D eigenvalue weighted by molar-refractivity contribution is 6.04. The van der Waals surface area contributed by atoms with Crippen LogP contribution in [0.2, 0.25) is 0 Å². The second kappa shape index (κ2) is 11.8. The van der Waals surface area contributed by atoms with Crippen molar-refractivity contribution in [2.45, 2.75) is 46.1 Å². The van der Waals surface area contributed by atoms with Gasteiger partial charge in [0.05, 0.1) is 17.6 Å². The monoisotopic (exact) mass is 491 g/mol. The van der Waals surface area contributed by atoms with Crippen molar-refractivity contribution in [3.05, 3.63) is 64.2 Å². The van der Waals surface area contributed by atoms with Crippen LogP contribution in [0.1, 0.15) is 60.4 Å². The van der Waals surface area contributed by atoms with E-state index in [1.807, 2.05) is 23.1 Å². The van der Waals surface area contributed by atoms with Crippen molar-refractivity contribution in [2.24, 2.45) is 0 Å². The molecule has 0 saturated carbocycles. The van der Waals surface area contributed by atoms with E-state index in [1.165, 1.54) is 10.9 Å². The highest BCUT2D eigenvalue weighted by Crippen LogP contribution is 2.19. The van der Waals surface area contributed by atoms with Gasteiger partial charge in [0.25, 0.3) is 11.5 Å². The van der Waals surface area contributed by atoms with E-state index in [9.17, 15) is 14.4 Å². The van der Waals surface area contributed by atoms with E-state index in [0.29, 0.717) is 54.8 Å². The highest BCUT2D eigenvalue weighted by Gasteiger charge is 2.25. The van der Waals surface area contributed by atoms with Crippen molar-refractivity contribution in [3.8, 4) is 0 Å². The topological polar surface area (TPSA) is 97.6 Å². The number of hydrogen-bond acceptors (Lipinski definition) is 7. The SMILES string of the molecule is CCCCCn1nc(C(=O)N2CCCN(c3ccc(C(=O)OCC)cn3)CC2)c2ccccc2c1=O. The van der Waals surface area contributed by atoms with Crippen molar-refractivity contribution < 1.29 is 14.3 Å². The number of carbonyl (C=O) groups excluding carboxylic acids is 2. The third kappa shape index (κ3) is 5.56. The van der Waals surface area contributed by atoms with E-state index >= 15 is 0 Å². The Morgan fingerprint density at radius 3 is 2.50 bits per heavy atom. The molecule has 3 aromatic rings. The Morgan fingerprint density at radius 1 is 0.972 bits per heavy atom. The van der Waals surface area contributed by atoms with Crippen molar-refractivity contribution in [3.63, 3.8) is 0 Å². The minimum Gasteiger partial charge on any atom is -0.462 e. The Balaban J connectivity index is 1.52. The number of fused-ring (bicyclic) bond motifs is 1. The first-order valence-electron chi connectivity index (χ1n) is 12.7. The second-order valence-corrected chi connectivity index (χ2v) is 8.89. The first-order chi connectivity index (χ1) is 17.5. The molecule has 0 spiro atoms. The minimum atomic E-state index is -0.389. The molecule has 1 aliphatic rings. The molecule has 1 aliphatic heterocycles. The number of aryl methyl sites for hydroxylation is 1. The first kappa shape index (κ1) is 25.3. The summed E-state index contributed by atoms with van der Waals surface area (Å²) >= 11 is 0. The summed E-state index contributed by atoms with van der Waals surface area (Å²) in [6.45, 7) is 7.12. The number of aromatic nitrogens is 3. The fourth-order valence-corrected chi connectivity index (χ4v) is 4.46. The van der Waals surface area contributed by atoms with Gasteiger partial charge in [-0.3, -0.25) is 9.59 Å². The van der Waals surface area contributed by atoms with Crippen molar-refractivity contribution in [1.82, 2.24) is 19.7 Å². The summed E-state index contributed by atoms with van der Waals surface area (Å²) in [5.74, 6) is 0.202. The molecule has 36 heavy (non-hydrogen) atoms. The highest BCUT2D eigenvalue weighted by atomic mass is 16.5. The Kier molecular flexibility index (Phi) is 8.30. The zero-order chi connectivity index (χ0) is 25.5. The Hall–Kier alpha value is -3.75. The molecular formula is C27H33N5O4. The van der Waals surface area contributed by atoms with Gasteiger partial charge in [0.2, 0.25) is 0 Å². The molecule has 9 nitrogen and oxygen atoms in total. The molecule has 0 bridgehead atoms. The van der Waals surface area contributed by atoms with Crippen molar-refractivity contribution >= 4 is 28.5 Å². The van der Waals surface area contributed by atoms with Gasteiger partial charge in [-0.25, -0.2) is 14.5 Å². The quantitative estimate of drug-likeness (QED) is 0.351. The molecular weight excluding hydrogens is 458 g/mol. The van der Waals surface area contributed by atoms with Gasteiger partial charge < -0.3 is 14.5 Å². The third-order valence-electron chi connectivity index (χ3n) is 6.41. The van der Waals surface area contributed by atoms with E-state index in [0.717, 1.165) is 38.0 Å². The Morgan fingerprint density at radius 2 is 1.78 bits per heavy atom. The van der Waals surface area contributed by atoms with Crippen LogP contribution in [0.5, 0.6) is 0 Å². The number of carbonyl (C=O) groups is 2. The third-order valence-corrected chi connectivity index (χ3v) is 6.41. The number of anilines is 1. The van der Waals surface area contributed by atoms with Gasteiger partial charge in [0.15, 0.2) is 5.69 Å². The molecule has 0 radical (unpaired) electrons. The van der Waals surface area contributed by atoms with Crippen LogP contribution in [-0.4, -0.2) is 64.3 Å². The summed E-state index contributed by atoms with van der Waals surface area (Å²) in [4.78, 5) is 46.9. The number of nitrogens with zero attached hydrogens (tertiary/aromatic N) is 5. The van der Waals surface area contributed by atoms with E-state index in [2.05, 4.69) is 21.9 Å². The van der Waals surface area contributed by atoms with Crippen LogP contribution in [0.25, 0.3) is 10.8 Å². The number of esters is 1. The molecule has 1 fully saturated rings. The lowest BCUT2D eigenvalue weighted by atomic mass is 10.1. The zero-order valence-corrected chi connectivity index (χ0v) is 21.0. The Bertz CT molecular complexity index is 1270. The van der Waals surface area contributed by atoms with Crippen LogP contribution in [0, 0.1) is 0 Å². The van der Waals surface area contributed by atoms with Crippen LogP contribution in [0.4, 0.5) is 5.82 Å². The molecule has 1 aromatic carbocycles. The van der Waals surface area contributed by atoms with Crippen molar-refractivity contribution in [2.75, 3.05) is 37.7 Å². The number of ether oxygens (including phenoxy) is 1. The molecule has 4 rings (SSSR count). The average molecular weight is 492 g/mol. The minimum absolute atomic E-state index is 0.155. The average Bonchev–Trinajstić information content (AvgIpc) is 3.16. The fourth-order valence-electron chi connectivity index (χ4n) is 4.46. The fraction of sp³-hybridized carbons (Fsp3) is 0.444. The van der Waals surface area contributed by atoms with E-state index in [1.54, 1.807) is 25.1 Å². The van der Waals surface area contributed by atoms with E-state index in [4.69, 9.17) is 4.74 Å². The van der Waals surface area contributed by atoms with Crippen LogP contribution < -0.4 is 10.5 Å². The van der Waals surface area contributed by atoms with Gasteiger partial charge in [0, 0.05) is 44.3 Å². The summed E-state index contributed by atoms with van der Waals surface area (Å²) in [5, 5.41) is 5.66. The molecule has 0 unspecified atom stereocenters. The van der Waals surface area contributed by atoms with Crippen LogP contribution >= 0.6 is 0 Å². The zero-order valence-electron chi connectivity index (χ0n) is 21.0. The predicted octanol–water partition coefficient (Wildman–Crippen LogP) is 3.51. The maximum atomic E-state index is 13.6. The summed E-state index contributed by atoms with van der Waals surface area (Å²) in [6, 6.07) is 10.7. The second-order valence-electron chi connectivity index (χ2n) is 8.89. The summed E-state index contributed by atoms with van der Waals surface area (Å²) in [5.41, 5.74) is 0.587. The number of amides is 1. The van der Waals surface area contributed by atoms with Gasteiger partial charge in [-0.1, -0.05) is 38.0 Å². The lowest BCUT2D eigenvalue weighted by Gasteiger charge is -2.23.